The molecule has 0 saturated carbocycles. The molecule has 0 radical (unpaired) electrons. The second-order valence-electron chi connectivity index (χ2n) is 10.3. The topological polar surface area (TPSA) is 83.1 Å². The number of rotatable bonds is 25. The number of ether oxygens (including phenoxy) is 4. The molecule has 0 heterocycles. The van der Waals surface area contributed by atoms with Crippen molar-refractivity contribution in [1.82, 2.24) is 5.32 Å². The second kappa shape index (κ2) is 21.0. The van der Waals surface area contributed by atoms with Crippen LogP contribution in [0.25, 0.3) is 0 Å². The molecule has 1 N–H and O–H groups in total. The van der Waals surface area contributed by atoms with E-state index in [0.717, 1.165) is 60.8 Å². The first-order valence-electron chi connectivity index (χ1n) is 13.3. The van der Waals surface area contributed by atoms with Crippen molar-refractivity contribution in [2.24, 2.45) is 0 Å². The van der Waals surface area contributed by atoms with Crippen molar-refractivity contribution in [3.63, 3.8) is 0 Å². The summed E-state index contributed by atoms with van der Waals surface area (Å²) in [5.41, 5.74) is 0. The standard InChI is InChI=1S/C26H54N3O6/c1-7-32-19-21-34-23-25(30)13-9-10-15-28(3,4)17-12-18-29(5,6)16-11-14-27-26(31)24-35-22-20-33-8-2/h7-24H2,1-6H3/q+1/p+1. The zero-order chi connectivity index (χ0) is 26.4. The average Bonchev–Trinajstić information content (AvgIpc) is 2.79. The van der Waals surface area contributed by atoms with Gasteiger partial charge in [-0.25, -0.2) is 0 Å². The van der Waals surface area contributed by atoms with Crippen LogP contribution in [0.1, 0.15) is 46.0 Å². The number of hydrogen-bond acceptors (Lipinski definition) is 6. The van der Waals surface area contributed by atoms with Crippen LogP contribution in [0.5, 0.6) is 0 Å². The minimum atomic E-state index is -0.0679. The van der Waals surface area contributed by atoms with Gasteiger partial charge in [0.25, 0.3) is 0 Å². The Hall–Kier alpha value is -1.10. The first kappa shape index (κ1) is 33.9. The predicted molar refractivity (Wildman–Crippen MR) is 139 cm³/mol. The van der Waals surface area contributed by atoms with Crippen LogP contribution in [0.15, 0.2) is 0 Å². The van der Waals surface area contributed by atoms with Crippen molar-refractivity contribution in [2.75, 3.05) is 114 Å². The summed E-state index contributed by atoms with van der Waals surface area (Å²) in [6.45, 7) is 12.5. The van der Waals surface area contributed by atoms with Crippen LogP contribution in [0.4, 0.5) is 0 Å². The predicted octanol–water partition coefficient (Wildman–Crippen LogP) is 1.88. The zero-order valence-electron chi connectivity index (χ0n) is 23.6. The van der Waals surface area contributed by atoms with Gasteiger partial charge in [-0.1, -0.05) is 0 Å². The van der Waals surface area contributed by atoms with Crippen LogP contribution >= 0.6 is 0 Å². The van der Waals surface area contributed by atoms with E-state index in [0.29, 0.717) is 52.6 Å². The zero-order valence-corrected chi connectivity index (χ0v) is 23.6. The van der Waals surface area contributed by atoms with Gasteiger partial charge in [0.1, 0.15) is 13.2 Å². The minimum absolute atomic E-state index is 0.0679. The van der Waals surface area contributed by atoms with Gasteiger partial charge in [-0.05, 0) is 26.7 Å². The SMILES string of the molecule is CCOCCOCC(=O)CCCC[N+](C)(C)CCC[N+](C)(C)CCCNC(=O)COCCOCC. The summed E-state index contributed by atoms with van der Waals surface area (Å²) in [5, 5.41) is 2.93. The molecule has 0 aromatic heterocycles. The molecule has 0 aromatic rings. The van der Waals surface area contributed by atoms with E-state index in [1.165, 1.54) is 0 Å². The number of quaternary nitrogens is 2. The largest absolute Gasteiger partial charge is 0.379 e. The number of nitrogens with one attached hydrogen (secondary N) is 1. The number of carbonyl (C=O) groups excluding carboxylic acids is 2. The molecule has 0 atom stereocenters. The van der Waals surface area contributed by atoms with Gasteiger partial charge in [0.15, 0.2) is 5.78 Å². The molecule has 0 spiro atoms. The lowest BCUT2D eigenvalue weighted by Crippen LogP contribution is -2.46. The Morgan fingerprint density at radius 1 is 0.629 bits per heavy atom. The molecule has 0 saturated heterocycles. The number of ketones is 1. The third kappa shape index (κ3) is 23.1. The summed E-state index contributed by atoms with van der Waals surface area (Å²) in [6, 6.07) is 0. The van der Waals surface area contributed by atoms with Gasteiger partial charge in [0.05, 0.1) is 80.8 Å². The molecule has 0 fully saturated rings. The van der Waals surface area contributed by atoms with E-state index in [4.69, 9.17) is 18.9 Å². The number of Topliss-reactive ketones (excluding diaryl/α,β-unsaturated/α-hetero) is 1. The molecule has 0 aromatic carbocycles. The number of hydrogen-bond donors (Lipinski definition) is 1. The first-order chi connectivity index (χ1) is 16.6. The lowest BCUT2D eigenvalue weighted by Gasteiger charge is -2.33. The van der Waals surface area contributed by atoms with Crippen molar-refractivity contribution in [1.29, 1.82) is 0 Å². The summed E-state index contributed by atoms with van der Waals surface area (Å²) < 4.78 is 22.9. The maximum Gasteiger partial charge on any atom is 0.246 e. The number of unbranched alkanes of at least 4 members (excludes halogenated alkanes) is 1. The molecule has 0 rings (SSSR count). The summed E-state index contributed by atoms with van der Waals surface area (Å²) in [6.07, 6.45) is 4.64. The molecule has 35 heavy (non-hydrogen) atoms. The van der Waals surface area contributed by atoms with E-state index >= 15 is 0 Å². The van der Waals surface area contributed by atoms with Gasteiger partial charge in [-0.3, -0.25) is 9.59 Å². The molecule has 0 unspecified atom stereocenters. The lowest BCUT2D eigenvalue weighted by atomic mass is 10.1. The van der Waals surface area contributed by atoms with E-state index in [1.54, 1.807) is 0 Å². The maximum atomic E-state index is 11.9. The van der Waals surface area contributed by atoms with E-state index in [9.17, 15) is 9.59 Å². The minimum Gasteiger partial charge on any atom is -0.379 e. The number of carbonyl (C=O) groups is 2. The van der Waals surface area contributed by atoms with Crippen molar-refractivity contribution in [2.45, 2.75) is 46.0 Å². The first-order valence-corrected chi connectivity index (χ1v) is 13.3. The Kier molecular flexibility index (Phi) is 20.4. The van der Waals surface area contributed by atoms with Crippen LogP contribution in [0.3, 0.4) is 0 Å². The Balaban J connectivity index is 3.82. The fourth-order valence-corrected chi connectivity index (χ4v) is 3.75. The Labute approximate surface area is 214 Å². The fourth-order valence-electron chi connectivity index (χ4n) is 3.75. The molecule has 208 valence electrons. The van der Waals surface area contributed by atoms with Crippen molar-refractivity contribution < 1.29 is 37.5 Å². The van der Waals surface area contributed by atoms with E-state index < -0.39 is 0 Å². The monoisotopic (exact) mass is 505 g/mol. The Morgan fingerprint density at radius 3 is 1.69 bits per heavy atom. The third-order valence-corrected chi connectivity index (χ3v) is 5.91. The molecule has 0 aliphatic heterocycles. The van der Waals surface area contributed by atoms with E-state index in [2.05, 4.69) is 33.5 Å². The van der Waals surface area contributed by atoms with Gasteiger partial charge in [-0.15, -0.1) is 0 Å². The summed E-state index contributed by atoms with van der Waals surface area (Å²) in [4.78, 5) is 23.7. The van der Waals surface area contributed by atoms with Crippen LogP contribution < -0.4 is 5.32 Å². The van der Waals surface area contributed by atoms with Crippen LogP contribution in [-0.2, 0) is 28.5 Å². The van der Waals surface area contributed by atoms with Gasteiger partial charge >= 0.3 is 0 Å². The highest BCUT2D eigenvalue weighted by Crippen LogP contribution is 2.08. The third-order valence-electron chi connectivity index (χ3n) is 5.91. The maximum absolute atomic E-state index is 11.9. The average molecular weight is 506 g/mol. The highest BCUT2D eigenvalue weighted by Gasteiger charge is 2.19. The lowest BCUT2D eigenvalue weighted by molar-refractivity contribution is -0.909. The van der Waals surface area contributed by atoms with Gasteiger partial charge in [-0.2, -0.15) is 0 Å². The number of amides is 1. The van der Waals surface area contributed by atoms with Crippen LogP contribution in [0, 0.1) is 0 Å². The van der Waals surface area contributed by atoms with Gasteiger partial charge in [0.2, 0.25) is 5.91 Å². The number of nitrogens with zero attached hydrogens (tertiary/aromatic N) is 2. The molecular weight excluding hydrogens is 450 g/mol. The molecule has 9 nitrogen and oxygen atoms in total. The Bertz CT molecular complexity index is 497. The highest BCUT2D eigenvalue weighted by molar-refractivity contribution is 5.79. The molecule has 9 heteroatoms. The smallest absolute Gasteiger partial charge is 0.246 e. The van der Waals surface area contributed by atoms with Gasteiger partial charge < -0.3 is 33.2 Å². The fraction of sp³-hybridized carbons (Fsp3) is 0.923. The second-order valence-corrected chi connectivity index (χ2v) is 10.3. The van der Waals surface area contributed by atoms with Gasteiger partial charge in [0, 0.05) is 39.0 Å². The summed E-state index contributed by atoms with van der Waals surface area (Å²) in [5.74, 6) is 0.109. The van der Waals surface area contributed by atoms with Crippen LogP contribution in [-0.4, -0.2) is 134 Å². The molecule has 0 bridgehead atoms. The Morgan fingerprint density at radius 2 is 1.11 bits per heavy atom. The molecular formula is C26H55N3O6+2. The quantitative estimate of drug-likeness (QED) is 0.151. The highest BCUT2D eigenvalue weighted by atomic mass is 16.5. The molecule has 0 aliphatic rings. The summed E-state index contributed by atoms with van der Waals surface area (Å²) >= 11 is 0. The van der Waals surface area contributed by atoms with Crippen molar-refractivity contribution >= 4 is 11.7 Å². The van der Waals surface area contributed by atoms with E-state index in [-0.39, 0.29) is 24.9 Å². The summed E-state index contributed by atoms with van der Waals surface area (Å²) in [7, 11) is 9.04. The van der Waals surface area contributed by atoms with E-state index in [1.807, 2.05) is 13.8 Å². The normalized spacial score (nSPS) is 12.2. The van der Waals surface area contributed by atoms with Crippen molar-refractivity contribution in [3.8, 4) is 0 Å². The molecule has 0 aliphatic carbocycles. The molecule has 1 amide bonds. The van der Waals surface area contributed by atoms with Crippen LogP contribution in [0.2, 0.25) is 0 Å². The van der Waals surface area contributed by atoms with Crippen molar-refractivity contribution in [3.05, 3.63) is 0 Å².